The number of piperidine rings is 3. The summed E-state index contributed by atoms with van der Waals surface area (Å²) in [6, 6.07) is 21.2. The highest BCUT2D eigenvalue weighted by Crippen LogP contribution is 2.47. The Hall–Kier alpha value is -2.53. The Morgan fingerprint density at radius 3 is 2.67 bits per heavy atom. The number of aliphatic hydroxyl groups excluding tert-OH is 1. The van der Waals surface area contributed by atoms with Gasteiger partial charge in [0.1, 0.15) is 18.7 Å². The topological polar surface area (TPSA) is 63.1 Å². The van der Waals surface area contributed by atoms with E-state index in [1.165, 1.54) is 12.0 Å². The van der Waals surface area contributed by atoms with E-state index in [1.54, 1.807) is 0 Å². The van der Waals surface area contributed by atoms with Gasteiger partial charge in [0.05, 0.1) is 18.6 Å². The maximum atomic E-state index is 11.7. The number of hydrogen-bond donors (Lipinski definition) is 1. The van der Waals surface area contributed by atoms with Crippen molar-refractivity contribution in [2.45, 2.75) is 31.5 Å². The molecule has 6 rings (SSSR count). The highest BCUT2D eigenvalue weighted by Gasteiger charge is 2.53. The first kappa shape index (κ1) is 20.7. The van der Waals surface area contributed by atoms with E-state index >= 15 is 0 Å². The van der Waals surface area contributed by atoms with Crippen molar-refractivity contribution in [2.75, 3.05) is 13.1 Å². The molecule has 3 fully saturated rings. The molecule has 4 nitrogen and oxygen atoms in total. The molecule has 2 bridgehead atoms. The number of fused-ring (bicyclic) bond motifs is 4. The van der Waals surface area contributed by atoms with Gasteiger partial charge in [0.2, 0.25) is 0 Å². The molecule has 4 heterocycles. The lowest BCUT2D eigenvalue weighted by molar-refractivity contribution is -0.984. The lowest BCUT2D eigenvalue weighted by Gasteiger charge is -2.58. The van der Waals surface area contributed by atoms with E-state index in [0.717, 1.165) is 47.0 Å². The van der Waals surface area contributed by atoms with Gasteiger partial charge in [0, 0.05) is 35.9 Å². The Kier molecular flexibility index (Phi) is 5.74. The molecule has 0 aliphatic carbocycles. The zero-order valence-electron chi connectivity index (χ0n) is 17.3. The molecule has 0 radical (unpaired) electrons. The normalized spacial score (nSPS) is 28.6. The van der Waals surface area contributed by atoms with Crippen LogP contribution in [0.5, 0.6) is 0 Å². The third-order valence-corrected chi connectivity index (χ3v) is 7.38. The van der Waals surface area contributed by atoms with Crippen LogP contribution >= 0.6 is 0 Å². The molecule has 3 aliphatic heterocycles. The molecule has 2 aromatic carbocycles. The molecule has 3 aromatic rings. The van der Waals surface area contributed by atoms with Crippen LogP contribution in [0.25, 0.3) is 10.9 Å². The third kappa shape index (κ3) is 3.45. The Bertz CT molecular complexity index is 1020. The minimum absolute atomic E-state index is 0. The summed E-state index contributed by atoms with van der Waals surface area (Å²) in [6.07, 6.45) is 5.79. The van der Waals surface area contributed by atoms with Gasteiger partial charge in [-0.3, -0.25) is 4.98 Å². The Balaban J connectivity index is 0.00000218. The molecule has 3 aliphatic rings. The van der Waals surface area contributed by atoms with Crippen LogP contribution in [0.15, 0.2) is 79.5 Å². The average molecular weight is 403 g/mol. The van der Waals surface area contributed by atoms with Crippen molar-refractivity contribution in [3.05, 3.63) is 90.6 Å². The zero-order chi connectivity index (χ0) is 19.8. The Morgan fingerprint density at radius 1 is 1.10 bits per heavy atom. The first-order chi connectivity index (χ1) is 14.2. The fourth-order valence-electron chi connectivity index (χ4n) is 5.91. The summed E-state index contributed by atoms with van der Waals surface area (Å²) < 4.78 is 0.953. The number of aromatic nitrogens is 1. The van der Waals surface area contributed by atoms with Gasteiger partial charge in [-0.15, -0.1) is 6.58 Å². The number of quaternary nitrogens is 1. The second-order valence-electron chi connectivity index (χ2n) is 8.88. The van der Waals surface area contributed by atoms with Crippen LogP contribution in [0, 0.1) is 11.8 Å². The van der Waals surface area contributed by atoms with Crippen LogP contribution in [0.2, 0.25) is 0 Å². The largest absolute Gasteiger partial charge is 0.870 e. The number of para-hydroxylation sites is 1. The van der Waals surface area contributed by atoms with Crippen LogP contribution in [0.4, 0.5) is 0 Å². The van der Waals surface area contributed by atoms with Gasteiger partial charge in [0.15, 0.2) is 0 Å². The van der Waals surface area contributed by atoms with Gasteiger partial charge in [-0.25, -0.2) is 0 Å². The van der Waals surface area contributed by atoms with E-state index in [1.807, 2.05) is 30.5 Å². The van der Waals surface area contributed by atoms with E-state index in [2.05, 4.69) is 54.0 Å². The lowest BCUT2D eigenvalue weighted by Crippen LogP contribution is -2.67. The lowest BCUT2D eigenvalue weighted by atomic mass is 9.71. The summed E-state index contributed by atoms with van der Waals surface area (Å²) in [6.45, 7) is 7.32. The number of rotatable bonds is 5. The molecule has 4 heteroatoms. The molecule has 0 saturated carbocycles. The third-order valence-electron chi connectivity index (χ3n) is 7.38. The molecular weight excluding hydrogens is 372 g/mol. The zero-order valence-corrected chi connectivity index (χ0v) is 17.3. The van der Waals surface area contributed by atoms with Crippen molar-refractivity contribution in [1.82, 2.24) is 4.98 Å². The number of aliphatic hydroxyl groups is 1. The molecule has 3 saturated heterocycles. The molecule has 5 atom stereocenters. The summed E-state index contributed by atoms with van der Waals surface area (Å²) in [5.74, 6) is 1.18. The van der Waals surface area contributed by atoms with Gasteiger partial charge in [-0.05, 0) is 23.6 Å². The smallest absolute Gasteiger partial charge is 0.131 e. The van der Waals surface area contributed by atoms with Crippen molar-refractivity contribution in [1.29, 1.82) is 0 Å². The second-order valence-corrected chi connectivity index (χ2v) is 8.88. The van der Waals surface area contributed by atoms with Crippen LogP contribution < -0.4 is 0 Å². The SMILES string of the molecule is C=C[C@H]1C[N+]2(Cc3ccccc3)CC[C@H]1C[C@@H]2[C@@H](O)c1ccnc2ccccc12.[OH-]. The summed E-state index contributed by atoms with van der Waals surface area (Å²) >= 11 is 0. The molecule has 0 spiro atoms. The first-order valence-corrected chi connectivity index (χ1v) is 10.7. The predicted octanol–water partition coefficient (Wildman–Crippen LogP) is 4.70. The first-order valence-electron chi connectivity index (χ1n) is 10.7. The van der Waals surface area contributed by atoms with Crippen molar-refractivity contribution in [3.63, 3.8) is 0 Å². The average Bonchev–Trinajstić information content (AvgIpc) is 2.78. The van der Waals surface area contributed by atoms with Gasteiger partial charge >= 0.3 is 0 Å². The Labute approximate surface area is 178 Å². The summed E-state index contributed by atoms with van der Waals surface area (Å²) in [7, 11) is 0. The number of pyridine rings is 1. The molecule has 30 heavy (non-hydrogen) atoms. The monoisotopic (exact) mass is 402 g/mol. The van der Waals surface area contributed by atoms with Crippen molar-refractivity contribution in [2.24, 2.45) is 11.8 Å². The quantitative estimate of drug-likeness (QED) is 0.497. The van der Waals surface area contributed by atoms with Gasteiger partial charge in [-0.2, -0.15) is 0 Å². The fourth-order valence-corrected chi connectivity index (χ4v) is 5.91. The van der Waals surface area contributed by atoms with E-state index < -0.39 is 6.10 Å². The predicted molar refractivity (Wildman–Crippen MR) is 119 cm³/mol. The maximum Gasteiger partial charge on any atom is 0.131 e. The molecular formula is C26H30N2O2. The van der Waals surface area contributed by atoms with Gasteiger partial charge < -0.3 is 15.1 Å². The molecule has 0 amide bonds. The number of benzene rings is 2. The summed E-state index contributed by atoms with van der Waals surface area (Å²) in [4.78, 5) is 4.50. The van der Waals surface area contributed by atoms with Crippen molar-refractivity contribution >= 4 is 10.9 Å². The molecule has 1 aromatic heterocycles. The van der Waals surface area contributed by atoms with E-state index in [9.17, 15) is 5.11 Å². The fraction of sp³-hybridized carbons (Fsp3) is 0.346. The highest BCUT2D eigenvalue weighted by molar-refractivity contribution is 5.82. The molecule has 1 unspecified atom stereocenters. The van der Waals surface area contributed by atoms with Crippen molar-refractivity contribution in [3.8, 4) is 0 Å². The number of hydrogen-bond acceptors (Lipinski definition) is 3. The summed E-state index contributed by atoms with van der Waals surface area (Å²) in [5, 5.41) is 12.8. The van der Waals surface area contributed by atoms with E-state index in [-0.39, 0.29) is 11.5 Å². The molecule has 2 N–H and O–H groups in total. The number of nitrogens with zero attached hydrogens (tertiary/aromatic N) is 2. The van der Waals surface area contributed by atoms with E-state index in [4.69, 9.17) is 0 Å². The van der Waals surface area contributed by atoms with Gasteiger partial charge in [0.25, 0.3) is 0 Å². The van der Waals surface area contributed by atoms with Crippen LogP contribution in [-0.4, -0.2) is 39.2 Å². The van der Waals surface area contributed by atoms with Crippen molar-refractivity contribution < 1.29 is 15.1 Å². The minimum atomic E-state index is -0.486. The summed E-state index contributed by atoms with van der Waals surface area (Å²) in [5.41, 5.74) is 3.33. The highest BCUT2D eigenvalue weighted by atomic mass is 16.3. The van der Waals surface area contributed by atoms with Crippen LogP contribution in [-0.2, 0) is 6.54 Å². The Morgan fingerprint density at radius 2 is 1.87 bits per heavy atom. The van der Waals surface area contributed by atoms with E-state index in [0.29, 0.717) is 11.8 Å². The minimum Gasteiger partial charge on any atom is -0.870 e. The van der Waals surface area contributed by atoms with Gasteiger partial charge in [-0.1, -0.05) is 54.6 Å². The maximum absolute atomic E-state index is 11.7. The molecule has 156 valence electrons. The van der Waals surface area contributed by atoms with Crippen LogP contribution in [0.3, 0.4) is 0 Å². The van der Waals surface area contributed by atoms with Crippen LogP contribution in [0.1, 0.15) is 30.1 Å². The second kappa shape index (κ2) is 8.31. The standard InChI is InChI=1S/C26H29N2O.H2O/c1-2-20-18-28(17-19-8-4-3-5-9-19)15-13-21(20)16-25(28)26(29)23-12-14-27-24-11-7-6-10-22(23)24;/h2-12,14,20-21,25-26,29H,1,13,15-18H2;1H2/q+1;/p-1/t20-,21-,25+,26-,28?;/m0./s1.